The van der Waals surface area contributed by atoms with Crippen molar-refractivity contribution < 1.29 is 5.11 Å². The van der Waals surface area contributed by atoms with Crippen molar-refractivity contribution in [3.63, 3.8) is 0 Å². The minimum absolute atomic E-state index is 0.250. The summed E-state index contributed by atoms with van der Waals surface area (Å²) >= 11 is 0. The van der Waals surface area contributed by atoms with Gasteiger partial charge in [0.05, 0.1) is 0 Å². The van der Waals surface area contributed by atoms with E-state index in [0.717, 1.165) is 12.8 Å². The highest BCUT2D eigenvalue weighted by Crippen LogP contribution is 2.21. The lowest BCUT2D eigenvalue weighted by atomic mass is 9.95. The van der Waals surface area contributed by atoms with Crippen LogP contribution in [0, 0.1) is 0 Å². The molecule has 1 aromatic carbocycles. The Bertz CT molecular complexity index is 316. The van der Waals surface area contributed by atoms with Crippen molar-refractivity contribution in [3.05, 3.63) is 48.0 Å². The van der Waals surface area contributed by atoms with Gasteiger partial charge in [0.2, 0.25) is 0 Å². The maximum atomic E-state index is 9.14. The Morgan fingerprint density at radius 1 is 1.11 bits per heavy atom. The minimum Gasteiger partial charge on any atom is -0.396 e. The van der Waals surface area contributed by atoms with E-state index >= 15 is 0 Å². The van der Waals surface area contributed by atoms with Crippen LogP contribution in [0.2, 0.25) is 0 Å². The highest BCUT2D eigenvalue weighted by Gasteiger charge is 2.05. The molecule has 0 aliphatic carbocycles. The molecular weight excluding hydrogens is 220 g/mol. The van der Waals surface area contributed by atoms with Gasteiger partial charge in [-0.3, -0.25) is 0 Å². The van der Waals surface area contributed by atoms with Crippen LogP contribution in [0.1, 0.15) is 56.9 Å². The summed E-state index contributed by atoms with van der Waals surface area (Å²) in [7, 11) is 0. The molecule has 0 fully saturated rings. The lowest BCUT2D eigenvalue weighted by Crippen LogP contribution is -1.98. The Labute approximate surface area is 112 Å². The van der Waals surface area contributed by atoms with Crippen molar-refractivity contribution >= 4 is 0 Å². The molecule has 0 radical (unpaired) electrons. The molecule has 0 aliphatic heterocycles. The van der Waals surface area contributed by atoms with Crippen LogP contribution in [-0.2, 0) is 0 Å². The summed E-state index contributed by atoms with van der Waals surface area (Å²) in [5, 5.41) is 9.14. The van der Waals surface area contributed by atoms with Gasteiger partial charge in [-0.05, 0) is 24.8 Å². The predicted octanol–water partition coefficient (Wildman–Crippen LogP) is 4.68. The number of benzene rings is 1. The second kappa shape index (κ2) is 9.90. The predicted molar refractivity (Wildman–Crippen MR) is 78.8 cm³/mol. The molecule has 0 bridgehead atoms. The first-order valence-corrected chi connectivity index (χ1v) is 7.21. The number of aliphatic hydroxyl groups is 1. The van der Waals surface area contributed by atoms with Crippen LogP contribution in [0.5, 0.6) is 0 Å². The van der Waals surface area contributed by atoms with Gasteiger partial charge in [-0.25, -0.2) is 0 Å². The summed E-state index contributed by atoms with van der Waals surface area (Å²) < 4.78 is 0. The summed E-state index contributed by atoms with van der Waals surface area (Å²) in [6.45, 7) is 2.49. The lowest BCUT2D eigenvalue weighted by Gasteiger charge is -2.11. The molecule has 18 heavy (non-hydrogen) atoms. The Balaban J connectivity index is 2.40. The average molecular weight is 246 g/mol. The fourth-order valence-electron chi connectivity index (χ4n) is 2.16. The summed E-state index contributed by atoms with van der Waals surface area (Å²) in [6.07, 6.45) is 11.8. The second-order valence-corrected chi connectivity index (χ2v) is 4.81. The normalized spacial score (nSPS) is 13.0. The van der Waals surface area contributed by atoms with Crippen LogP contribution in [0.3, 0.4) is 0 Å². The Morgan fingerprint density at radius 3 is 2.56 bits per heavy atom. The molecule has 1 unspecified atom stereocenters. The van der Waals surface area contributed by atoms with Crippen LogP contribution in [0.4, 0.5) is 0 Å². The van der Waals surface area contributed by atoms with Crippen LogP contribution < -0.4 is 0 Å². The van der Waals surface area contributed by atoms with E-state index in [1.165, 1.54) is 31.2 Å². The van der Waals surface area contributed by atoms with E-state index in [4.69, 9.17) is 5.11 Å². The number of unbranched alkanes of at least 4 members (excludes halogenated alkanes) is 4. The van der Waals surface area contributed by atoms with E-state index in [2.05, 4.69) is 43.3 Å². The fourth-order valence-corrected chi connectivity index (χ4v) is 2.16. The molecule has 100 valence electrons. The zero-order chi connectivity index (χ0) is 13.1. The Kier molecular flexibility index (Phi) is 8.24. The number of aliphatic hydroxyl groups excluding tert-OH is 1. The van der Waals surface area contributed by atoms with E-state index in [1.54, 1.807) is 0 Å². The largest absolute Gasteiger partial charge is 0.396 e. The third-order valence-electron chi connectivity index (χ3n) is 3.26. The van der Waals surface area contributed by atoms with Crippen LogP contribution >= 0.6 is 0 Å². The van der Waals surface area contributed by atoms with E-state index in [1.807, 2.05) is 6.07 Å². The molecule has 0 aliphatic rings. The SMILES string of the molecule is CCCCCCC=CC(CCO)c1ccccc1. The van der Waals surface area contributed by atoms with Gasteiger partial charge in [0, 0.05) is 12.5 Å². The monoisotopic (exact) mass is 246 g/mol. The van der Waals surface area contributed by atoms with E-state index in [0.29, 0.717) is 5.92 Å². The van der Waals surface area contributed by atoms with Crippen molar-refractivity contribution in [2.45, 2.75) is 51.4 Å². The Morgan fingerprint density at radius 2 is 1.89 bits per heavy atom. The smallest absolute Gasteiger partial charge is 0.0439 e. The summed E-state index contributed by atoms with van der Waals surface area (Å²) in [5.74, 6) is 0.363. The molecule has 0 spiro atoms. The number of allylic oxidation sites excluding steroid dienone is 2. The van der Waals surface area contributed by atoms with Gasteiger partial charge >= 0.3 is 0 Å². The lowest BCUT2D eigenvalue weighted by molar-refractivity contribution is 0.282. The first-order chi connectivity index (χ1) is 8.88. The molecular formula is C17H26O. The molecule has 0 aromatic heterocycles. The van der Waals surface area contributed by atoms with Crippen LogP contribution in [0.15, 0.2) is 42.5 Å². The molecule has 1 nitrogen and oxygen atoms in total. The Hall–Kier alpha value is -1.08. The third-order valence-corrected chi connectivity index (χ3v) is 3.26. The molecule has 0 amide bonds. The quantitative estimate of drug-likeness (QED) is 0.495. The summed E-state index contributed by atoms with van der Waals surface area (Å²) in [4.78, 5) is 0. The van der Waals surface area contributed by atoms with E-state index in [-0.39, 0.29) is 6.61 Å². The van der Waals surface area contributed by atoms with Gasteiger partial charge in [-0.2, -0.15) is 0 Å². The van der Waals surface area contributed by atoms with E-state index in [9.17, 15) is 0 Å². The zero-order valence-corrected chi connectivity index (χ0v) is 11.5. The van der Waals surface area contributed by atoms with Crippen LogP contribution in [-0.4, -0.2) is 11.7 Å². The highest BCUT2D eigenvalue weighted by atomic mass is 16.3. The highest BCUT2D eigenvalue weighted by molar-refractivity contribution is 5.23. The van der Waals surface area contributed by atoms with Gasteiger partial charge in [0.1, 0.15) is 0 Å². The number of hydrogen-bond acceptors (Lipinski definition) is 1. The summed E-state index contributed by atoms with van der Waals surface area (Å²) in [5.41, 5.74) is 1.30. The molecule has 1 atom stereocenters. The molecule has 0 saturated heterocycles. The van der Waals surface area contributed by atoms with Gasteiger partial charge < -0.3 is 5.11 Å². The second-order valence-electron chi connectivity index (χ2n) is 4.81. The molecule has 1 aromatic rings. The minimum atomic E-state index is 0.250. The van der Waals surface area contributed by atoms with Gasteiger partial charge in [-0.15, -0.1) is 0 Å². The summed E-state index contributed by atoms with van der Waals surface area (Å²) in [6, 6.07) is 10.4. The maximum absolute atomic E-state index is 9.14. The fraction of sp³-hybridized carbons (Fsp3) is 0.529. The molecule has 1 rings (SSSR count). The van der Waals surface area contributed by atoms with Gasteiger partial charge in [0.25, 0.3) is 0 Å². The molecule has 1 heteroatoms. The average Bonchev–Trinajstić information content (AvgIpc) is 2.42. The third kappa shape index (κ3) is 6.02. The standard InChI is InChI=1S/C17H26O/c1-2-3-4-5-6-8-13-17(14-15-18)16-11-9-7-10-12-16/h7-13,17-18H,2-6,14-15H2,1H3. The maximum Gasteiger partial charge on any atom is 0.0439 e. The van der Waals surface area contributed by atoms with Crippen molar-refractivity contribution in [2.24, 2.45) is 0 Å². The van der Waals surface area contributed by atoms with Crippen molar-refractivity contribution in [2.75, 3.05) is 6.61 Å². The molecule has 1 N–H and O–H groups in total. The molecule has 0 heterocycles. The number of rotatable bonds is 9. The first kappa shape index (κ1) is 15.0. The van der Waals surface area contributed by atoms with Gasteiger partial charge in [0.15, 0.2) is 0 Å². The first-order valence-electron chi connectivity index (χ1n) is 7.21. The van der Waals surface area contributed by atoms with Crippen molar-refractivity contribution in [3.8, 4) is 0 Å². The number of hydrogen-bond donors (Lipinski definition) is 1. The van der Waals surface area contributed by atoms with E-state index < -0.39 is 0 Å². The van der Waals surface area contributed by atoms with Crippen molar-refractivity contribution in [1.29, 1.82) is 0 Å². The van der Waals surface area contributed by atoms with Gasteiger partial charge in [-0.1, -0.05) is 68.7 Å². The van der Waals surface area contributed by atoms with Crippen molar-refractivity contribution in [1.82, 2.24) is 0 Å². The molecule has 0 saturated carbocycles. The zero-order valence-electron chi connectivity index (χ0n) is 11.5. The van der Waals surface area contributed by atoms with Crippen LogP contribution in [0.25, 0.3) is 0 Å². The topological polar surface area (TPSA) is 20.2 Å².